The molecule has 28 heavy (non-hydrogen) atoms. The molecule has 2 aromatic carbocycles. The van der Waals surface area contributed by atoms with Crippen molar-refractivity contribution in [3.05, 3.63) is 60.3 Å². The van der Waals surface area contributed by atoms with Crippen molar-refractivity contribution in [3.63, 3.8) is 0 Å². The molecule has 0 spiro atoms. The molecule has 0 bridgehead atoms. The lowest BCUT2D eigenvalue weighted by atomic mass is 9.93. The summed E-state index contributed by atoms with van der Waals surface area (Å²) in [5.74, 6) is 1.17. The fourth-order valence-electron chi connectivity index (χ4n) is 4.45. The SMILES string of the molecule is COc1ccc(N2CCN(C(=O)C3(c4c[nH]c5ccccc45)CC3)CC2)cc1. The van der Waals surface area contributed by atoms with Crippen LogP contribution in [-0.4, -0.2) is 49.1 Å². The molecular formula is C23H25N3O2. The van der Waals surface area contributed by atoms with Gasteiger partial charge in [0.25, 0.3) is 0 Å². The van der Waals surface area contributed by atoms with E-state index in [1.54, 1.807) is 7.11 Å². The van der Waals surface area contributed by atoms with Gasteiger partial charge in [0.1, 0.15) is 5.75 Å². The van der Waals surface area contributed by atoms with Gasteiger partial charge in [-0.1, -0.05) is 18.2 Å². The fourth-order valence-corrected chi connectivity index (χ4v) is 4.45. The maximum Gasteiger partial charge on any atom is 0.233 e. The van der Waals surface area contributed by atoms with Crippen LogP contribution in [0.25, 0.3) is 10.9 Å². The Morgan fingerprint density at radius 2 is 1.71 bits per heavy atom. The molecule has 2 heterocycles. The number of hydrogen-bond acceptors (Lipinski definition) is 3. The molecule has 1 N–H and O–H groups in total. The third-order valence-electron chi connectivity index (χ3n) is 6.27. The molecule has 5 nitrogen and oxygen atoms in total. The highest BCUT2D eigenvalue weighted by Crippen LogP contribution is 2.51. The molecule has 1 saturated heterocycles. The van der Waals surface area contributed by atoms with Gasteiger partial charge in [-0.25, -0.2) is 0 Å². The summed E-state index contributed by atoms with van der Waals surface area (Å²) in [5, 5.41) is 1.19. The van der Waals surface area contributed by atoms with Crippen LogP contribution in [0.3, 0.4) is 0 Å². The Hall–Kier alpha value is -2.95. The van der Waals surface area contributed by atoms with Crippen molar-refractivity contribution in [1.29, 1.82) is 0 Å². The summed E-state index contributed by atoms with van der Waals surface area (Å²) in [4.78, 5) is 21.2. The van der Waals surface area contributed by atoms with Crippen LogP contribution < -0.4 is 9.64 Å². The minimum atomic E-state index is -0.318. The second-order valence-electron chi connectivity index (χ2n) is 7.81. The molecule has 1 aliphatic carbocycles. The van der Waals surface area contributed by atoms with Gasteiger partial charge in [-0.05, 0) is 48.7 Å². The second-order valence-corrected chi connectivity index (χ2v) is 7.81. The van der Waals surface area contributed by atoms with E-state index in [1.807, 2.05) is 30.5 Å². The van der Waals surface area contributed by atoms with Crippen molar-refractivity contribution in [2.45, 2.75) is 18.3 Å². The van der Waals surface area contributed by atoms with Gasteiger partial charge in [0.15, 0.2) is 0 Å². The molecule has 1 aliphatic heterocycles. The van der Waals surface area contributed by atoms with Crippen molar-refractivity contribution >= 4 is 22.5 Å². The van der Waals surface area contributed by atoms with E-state index in [0.717, 1.165) is 50.3 Å². The van der Waals surface area contributed by atoms with Crippen LogP contribution >= 0.6 is 0 Å². The summed E-state index contributed by atoms with van der Waals surface area (Å²) in [5.41, 5.74) is 3.15. The highest BCUT2D eigenvalue weighted by molar-refractivity contribution is 5.97. The zero-order valence-electron chi connectivity index (χ0n) is 16.1. The quantitative estimate of drug-likeness (QED) is 0.759. The zero-order chi connectivity index (χ0) is 19.1. The minimum Gasteiger partial charge on any atom is -0.497 e. The monoisotopic (exact) mass is 375 g/mol. The number of rotatable bonds is 4. The topological polar surface area (TPSA) is 48.6 Å². The molecule has 2 fully saturated rings. The number of methoxy groups -OCH3 is 1. The first kappa shape index (κ1) is 17.2. The molecule has 3 aromatic rings. The van der Waals surface area contributed by atoms with E-state index in [-0.39, 0.29) is 5.41 Å². The standard InChI is InChI=1S/C23H25N3O2/c1-28-18-8-6-17(7-9-18)25-12-14-26(15-13-25)22(27)23(10-11-23)20-16-24-21-5-3-2-4-19(20)21/h2-9,16,24H,10-15H2,1H3. The van der Waals surface area contributed by atoms with Gasteiger partial charge in [0, 0.05) is 49.0 Å². The number of benzene rings is 2. The number of carbonyl (C=O) groups excluding carboxylic acids is 1. The number of aromatic amines is 1. The first-order valence-electron chi connectivity index (χ1n) is 9.96. The lowest BCUT2D eigenvalue weighted by molar-refractivity contribution is -0.134. The number of aromatic nitrogens is 1. The normalized spacial score (nSPS) is 18.3. The molecule has 0 unspecified atom stereocenters. The van der Waals surface area contributed by atoms with Crippen LogP contribution in [0.5, 0.6) is 5.75 Å². The largest absolute Gasteiger partial charge is 0.497 e. The van der Waals surface area contributed by atoms with E-state index >= 15 is 0 Å². The number of para-hydroxylation sites is 1. The molecule has 1 amide bonds. The lowest BCUT2D eigenvalue weighted by Crippen LogP contribution is -2.51. The van der Waals surface area contributed by atoms with Crippen LogP contribution in [0.2, 0.25) is 0 Å². The van der Waals surface area contributed by atoms with Crippen LogP contribution in [0.15, 0.2) is 54.7 Å². The molecule has 5 heteroatoms. The van der Waals surface area contributed by atoms with Crippen LogP contribution in [0.4, 0.5) is 5.69 Å². The summed E-state index contributed by atoms with van der Waals surface area (Å²) in [6.07, 6.45) is 3.95. The number of amides is 1. The van der Waals surface area contributed by atoms with E-state index < -0.39 is 0 Å². The van der Waals surface area contributed by atoms with Crippen LogP contribution in [0, 0.1) is 0 Å². The predicted molar refractivity (Wildman–Crippen MR) is 111 cm³/mol. The number of anilines is 1. The zero-order valence-corrected chi connectivity index (χ0v) is 16.1. The van der Waals surface area contributed by atoms with Gasteiger partial charge >= 0.3 is 0 Å². The third-order valence-corrected chi connectivity index (χ3v) is 6.27. The number of carbonyl (C=O) groups is 1. The summed E-state index contributed by atoms with van der Waals surface area (Å²) in [6, 6.07) is 16.4. The van der Waals surface area contributed by atoms with E-state index in [4.69, 9.17) is 4.74 Å². The third kappa shape index (κ3) is 2.73. The van der Waals surface area contributed by atoms with E-state index in [9.17, 15) is 4.79 Å². The van der Waals surface area contributed by atoms with Crippen molar-refractivity contribution in [3.8, 4) is 5.75 Å². The summed E-state index contributed by atoms with van der Waals surface area (Å²) < 4.78 is 5.24. The van der Waals surface area contributed by atoms with Gasteiger partial charge in [-0.15, -0.1) is 0 Å². The van der Waals surface area contributed by atoms with Crippen LogP contribution in [0.1, 0.15) is 18.4 Å². The Kier molecular flexibility index (Phi) is 4.04. The van der Waals surface area contributed by atoms with E-state index in [2.05, 4.69) is 39.0 Å². The minimum absolute atomic E-state index is 0.298. The van der Waals surface area contributed by atoms with Crippen LogP contribution in [-0.2, 0) is 10.2 Å². The highest BCUT2D eigenvalue weighted by atomic mass is 16.5. The number of nitrogens with zero attached hydrogens (tertiary/aromatic N) is 2. The number of H-pyrrole nitrogens is 1. The van der Waals surface area contributed by atoms with Gasteiger partial charge < -0.3 is 19.5 Å². The number of fused-ring (bicyclic) bond motifs is 1. The number of hydrogen-bond donors (Lipinski definition) is 1. The maximum atomic E-state index is 13.4. The second kappa shape index (κ2) is 6.59. The first-order valence-corrected chi connectivity index (χ1v) is 9.96. The predicted octanol–water partition coefficient (Wildman–Crippen LogP) is 3.56. The summed E-state index contributed by atoms with van der Waals surface area (Å²) in [6.45, 7) is 3.27. The Balaban J connectivity index is 1.30. The Morgan fingerprint density at radius 3 is 2.39 bits per heavy atom. The average Bonchev–Trinajstić information content (AvgIpc) is 3.45. The fraction of sp³-hybridized carbons (Fsp3) is 0.348. The van der Waals surface area contributed by atoms with Crippen molar-refractivity contribution in [2.75, 3.05) is 38.2 Å². The average molecular weight is 375 g/mol. The highest BCUT2D eigenvalue weighted by Gasteiger charge is 2.54. The molecule has 1 saturated carbocycles. The van der Waals surface area contributed by atoms with Crippen molar-refractivity contribution in [1.82, 2.24) is 9.88 Å². The van der Waals surface area contributed by atoms with Gasteiger partial charge in [-0.3, -0.25) is 4.79 Å². The number of piperazine rings is 1. The van der Waals surface area contributed by atoms with Crippen molar-refractivity contribution < 1.29 is 9.53 Å². The Morgan fingerprint density at radius 1 is 1.00 bits per heavy atom. The van der Waals surface area contributed by atoms with Gasteiger partial charge in [-0.2, -0.15) is 0 Å². The Bertz CT molecular complexity index is 996. The van der Waals surface area contributed by atoms with E-state index in [1.165, 1.54) is 16.6 Å². The van der Waals surface area contributed by atoms with Crippen molar-refractivity contribution in [2.24, 2.45) is 0 Å². The number of ether oxygens (including phenoxy) is 1. The lowest BCUT2D eigenvalue weighted by Gasteiger charge is -2.37. The molecule has 1 aromatic heterocycles. The first-order chi connectivity index (χ1) is 13.7. The van der Waals surface area contributed by atoms with E-state index in [0.29, 0.717) is 5.91 Å². The molecule has 0 atom stereocenters. The Labute approximate surface area is 164 Å². The maximum absolute atomic E-state index is 13.4. The molecule has 5 rings (SSSR count). The summed E-state index contributed by atoms with van der Waals surface area (Å²) in [7, 11) is 1.68. The number of nitrogens with one attached hydrogen (secondary N) is 1. The molecule has 0 radical (unpaired) electrons. The van der Waals surface area contributed by atoms with Gasteiger partial charge in [0.2, 0.25) is 5.91 Å². The molecule has 2 aliphatic rings. The molecule has 144 valence electrons. The molecular weight excluding hydrogens is 350 g/mol. The smallest absolute Gasteiger partial charge is 0.233 e. The summed E-state index contributed by atoms with van der Waals surface area (Å²) >= 11 is 0. The van der Waals surface area contributed by atoms with Gasteiger partial charge in [0.05, 0.1) is 12.5 Å².